The van der Waals surface area contributed by atoms with Gasteiger partial charge in [-0.2, -0.15) is 0 Å². The number of ether oxygens (including phenoxy) is 1. The summed E-state index contributed by atoms with van der Waals surface area (Å²) in [7, 11) is 3.44. The maximum atomic E-state index is 13.0. The van der Waals surface area contributed by atoms with Gasteiger partial charge in [-0.3, -0.25) is 9.20 Å². The number of methoxy groups -OCH3 is 1. The van der Waals surface area contributed by atoms with Crippen LogP contribution in [0.1, 0.15) is 12.5 Å². The van der Waals surface area contributed by atoms with E-state index in [0.717, 1.165) is 33.6 Å². The number of amides is 1. The molecule has 4 rings (SSSR count). The summed E-state index contributed by atoms with van der Waals surface area (Å²) in [6, 6.07) is 17.6. The van der Waals surface area contributed by atoms with Crippen molar-refractivity contribution in [3.05, 3.63) is 60.2 Å². The molecule has 0 N–H and O–H groups in total. The molecule has 0 bridgehead atoms. The zero-order valence-corrected chi connectivity index (χ0v) is 17.6. The minimum absolute atomic E-state index is 0.00643. The molecule has 0 unspecified atom stereocenters. The Balaban J connectivity index is 1.71. The van der Waals surface area contributed by atoms with Crippen LogP contribution < -0.4 is 9.64 Å². The third-order valence-corrected chi connectivity index (χ3v) is 6.01. The van der Waals surface area contributed by atoms with E-state index in [0.29, 0.717) is 5.16 Å². The van der Waals surface area contributed by atoms with Crippen LogP contribution in [-0.4, -0.2) is 39.9 Å². The molecule has 6 nitrogen and oxygen atoms in total. The number of rotatable bonds is 5. The highest BCUT2D eigenvalue weighted by molar-refractivity contribution is 8.00. The van der Waals surface area contributed by atoms with Crippen molar-refractivity contribution in [3.63, 3.8) is 0 Å². The molecule has 148 valence electrons. The Morgan fingerprint density at radius 3 is 2.62 bits per heavy atom. The number of anilines is 1. The third-order valence-electron chi connectivity index (χ3n) is 4.98. The van der Waals surface area contributed by atoms with E-state index in [1.54, 1.807) is 19.1 Å². The first kappa shape index (κ1) is 19.3. The normalized spacial score (nSPS) is 12.3. The molecule has 2 aromatic carbocycles. The summed E-state index contributed by atoms with van der Waals surface area (Å²) in [6.07, 6.45) is 0. The summed E-state index contributed by atoms with van der Waals surface area (Å²) in [6.45, 7) is 3.95. The van der Waals surface area contributed by atoms with Gasteiger partial charge in [0.2, 0.25) is 5.91 Å². The van der Waals surface area contributed by atoms with Crippen LogP contribution in [0.3, 0.4) is 0 Å². The Kier molecular flexibility index (Phi) is 5.15. The zero-order chi connectivity index (χ0) is 20.5. The number of hydrogen-bond donors (Lipinski definition) is 0. The number of thioether (sulfide) groups is 1. The van der Waals surface area contributed by atoms with Crippen molar-refractivity contribution in [1.29, 1.82) is 0 Å². The summed E-state index contributed by atoms with van der Waals surface area (Å²) in [5.74, 6) is 0.772. The first-order valence-corrected chi connectivity index (χ1v) is 10.2. The lowest BCUT2D eigenvalue weighted by atomic mass is 10.1. The van der Waals surface area contributed by atoms with Crippen LogP contribution >= 0.6 is 11.8 Å². The second-order valence-electron chi connectivity index (χ2n) is 6.88. The van der Waals surface area contributed by atoms with Crippen LogP contribution in [0, 0.1) is 6.92 Å². The molecule has 0 aliphatic carbocycles. The van der Waals surface area contributed by atoms with E-state index in [1.807, 2.05) is 65.9 Å². The first-order valence-electron chi connectivity index (χ1n) is 9.31. The van der Waals surface area contributed by atoms with E-state index in [4.69, 9.17) is 4.74 Å². The van der Waals surface area contributed by atoms with Gasteiger partial charge in [-0.15, -0.1) is 10.2 Å². The predicted molar refractivity (Wildman–Crippen MR) is 117 cm³/mol. The van der Waals surface area contributed by atoms with Crippen LogP contribution in [0.2, 0.25) is 0 Å². The third kappa shape index (κ3) is 3.53. The molecule has 2 aromatic heterocycles. The number of para-hydroxylation sites is 1. The van der Waals surface area contributed by atoms with Gasteiger partial charge in [0.05, 0.1) is 17.9 Å². The molecular formula is C22H22N4O2S. The standard InChI is InChI=1S/C22H22N4O2S/c1-14-12-20-23-24-22(26(20)19-13-17(28-4)10-11-18(14)19)29-15(2)21(27)25(3)16-8-6-5-7-9-16/h5-13,15H,1-4H3/t15-/m0/s1. The van der Waals surface area contributed by atoms with Crippen molar-refractivity contribution >= 4 is 39.9 Å². The number of benzene rings is 2. The number of hydrogen-bond acceptors (Lipinski definition) is 5. The summed E-state index contributed by atoms with van der Waals surface area (Å²) in [5, 5.41) is 10.1. The highest BCUT2D eigenvalue weighted by atomic mass is 32.2. The summed E-state index contributed by atoms with van der Waals surface area (Å²) < 4.78 is 7.39. The number of aryl methyl sites for hydroxylation is 1. The highest BCUT2D eigenvalue weighted by Crippen LogP contribution is 2.31. The molecule has 0 aliphatic heterocycles. The average Bonchev–Trinajstić information content (AvgIpc) is 3.15. The number of nitrogens with zero attached hydrogens (tertiary/aromatic N) is 4. The molecule has 0 saturated carbocycles. The monoisotopic (exact) mass is 406 g/mol. The van der Waals surface area contributed by atoms with Gasteiger partial charge in [-0.05, 0) is 49.7 Å². The largest absolute Gasteiger partial charge is 0.497 e. The topological polar surface area (TPSA) is 59.7 Å². The maximum Gasteiger partial charge on any atom is 0.240 e. The number of aromatic nitrogens is 3. The summed E-state index contributed by atoms with van der Waals surface area (Å²) >= 11 is 1.40. The van der Waals surface area contributed by atoms with Crippen LogP contribution in [0.25, 0.3) is 16.6 Å². The van der Waals surface area contributed by atoms with Gasteiger partial charge in [-0.1, -0.05) is 30.0 Å². The Bertz CT molecular complexity index is 1190. The molecule has 1 amide bonds. The summed E-state index contributed by atoms with van der Waals surface area (Å²) in [4.78, 5) is 14.6. The SMILES string of the molecule is COc1ccc2c(C)cc3nnc(S[C@@H](C)C(=O)N(C)c4ccccc4)n3c2c1. The van der Waals surface area contributed by atoms with Crippen molar-refractivity contribution in [2.75, 3.05) is 19.1 Å². The second-order valence-corrected chi connectivity index (χ2v) is 8.19. The highest BCUT2D eigenvalue weighted by Gasteiger charge is 2.23. The number of carbonyl (C=O) groups is 1. The minimum atomic E-state index is -0.324. The van der Waals surface area contributed by atoms with Crippen molar-refractivity contribution in [1.82, 2.24) is 14.6 Å². The van der Waals surface area contributed by atoms with E-state index < -0.39 is 0 Å². The van der Waals surface area contributed by atoms with E-state index >= 15 is 0 Å². The fraction of sp³-hybridized carbons (Fsp3) is 0.227. The van der Waals surface area contributed by atoms with Gasteiger partial charge in [0.15, 0.2) is 10.8 Å². The van der Waals surface area contributed by atoms with Crippen molar-refractivity contribution in [2.45, 2.75) is 24.3 Å². The van der Waals surface area contributed by atoms with Crippen LogP contribution in [0.4, 0.5) is 5.69 Å². The Hall–Kier alpha value is -3.06. The lowest BCUT2D eigenvalue weighted by molar-refractivity contribution is -0.117. The smallest absolute Gasteiger partial charge is 0.240 e. The fourth-order valence-corrected chi connectivity index (χ4v) is 4.33. The van der Waals surface area contributed by atoms with Gasteiger partial charge >= 0.3 is 0 Å². The van der Waals surface area contributed by atoms with Gasteiger partial charge in [0.25, 0.3) is 0 Å². The lowest BCUT2D eigenvalue weighted by Gasteiger charge is -2.20. The van der Waals surface area contributed by atoms with E-state index in [1.165, 1.54) is 11.8 Å². The van der Waals surface area contributed by atoms with Crippen LogP contribution in [0.5, 0.6) is 5.75 Å². The van der Waals surface area contributed by atoms with Gasteiger partial charge in [0.1, 0.15) is 5.75 Å². The molecule has 2 heterocycles. The molecule has 29 heavy (non-hydrogen) atoms. The van der Waals surface area contributed by atoms with Crippen LogP contribution in [0.15, 0.2) is 59.8 Å². The molecule has 0 spiro atoms. The lowest BCUT2D eigenvalue weighted by Crippen LogP contribution is -2.33. The Morgan fingerprint density at radius 2 is 1.90 bits per heavy atom. The molecule has 0 radical (unpaired) electrons. The average molecular weight is 407 g/mol. The number of pyridine rings is 1. The van der Waals surface area contributed by atoms with Gasteiger partial charge in [0, 0.05) is 24.2 Å². The second kappa shape index (κ2) is 7.75. The number of fused-ring (bicyclic) bond motifs is 3. The quantitative estimate of drug-likeness (QED) is 0.461. The molecule has 4 aromatic rings. The van der Waals surface area contributed by atoms with Crippen molar-refractivity contribution in [3.8, 4) is 5.75 Å². The van der Waals surface area contributed by atoms with Crippen molar-refractivity contribution in [2.24, 2.45) is 0 Å². The maximum absolute atomic E-state index is 13.0. The molecule has 0 saturated heterocycles. The predicted octanol–water partition coefficient (Wildman–Crippen LogP) is 4.34. The molecule has 0 fully saturated rings. The van der Waals surface area contributed by atoms with Gasteiger partial charge in [-0.25, -0.2) is 0 Å². The van der Waals surface area contributed by atoms with Crippen LogP contribution in [-0.2, 0) is 4.79 Å². The zero-order valence-electron chi connectivity index (χ0n) is 16.8. The molecule has 1 atom stereocenters. The molecular weight excluding hydrogens is 384 g/mol. The number of carbonyl (C=O) groups excluding carboxylic acids is 1. The van der Waals surface area contributed by atoms with E-state index in [2.05, 4.69) is 17.1 Å². The van der Waals surface area contributed by atoms with E-state index in [-0.39, 0.29) is 11.2 Å². The molecule has 7 heteroatoms. The minimum Gasteiger partial charge on any atom is -0.497 e. The van der Waals surface area contributed by atoms with Crippen molar-refractivity contribution < 1.29 is 9.53 Å². The van der Waals surface area contributed by atoms with E-state index in [9.17, 15) is 4.79 Å². The first-order chi connectivity index (χ1) is 14.0. The fourth-order valence-electron chi connectivity index (χ4n) is 3.37. The summed E-state index contributed by atoms with van der Waals surface area (Å²) in [5.41, 5.74) is 3.69. The molecule has 0 aliphatic rings. The Labute approximate surface area is 173 Å². The Morgan fingerprint density at radius 1 is 1.14 bits per heavy atom. The van der Waals surface area contributed by atoms with Gasteiger partial charge < -0.3 is 9.64 Å².